The van der Waals surface area contributed by atoms with Crippen LogP contribution >= 0.6 is 0 Å². The highest BCUT2D eigenvalue weighted by molar-refractivity contribution is 5.64. The highest BCUT2D eigenvalue weighted by Gasteiger charge is 2.41. The molecule has 6 rings (SSSR count). The second-order valence-electron chi connectivity index (χ2n) is 8.62. The van der Waals surface area contributed by atoms with Gasteiger partial charge in [0.1, 0.15) is 0 Å². The summed E-state index contributed by atoms with van der Waals surface area (Å²) in [6.07, 6.45) is 8.32. The predicted molar refractivity (Wildman–Crippen MR) is 108 cm³/mol. The second kappa shape index (κ2) is 6.10. The van der Waals surface area contributed by atoms with Gasteiger partial charge in [0.2, 0.25) is 0 Å². The van der Waals surface area contributed by atoms with Crippen LogP contribution in [0.3, 0.4) is 0 Å². The Bertz CT molecular complexity index is 1240. The van der Waals surface area contributed by atoms with E-state index in [0.29, 0.717) is 23.4 Å². The molecule has 4 aromatic rings. The van der Waals surface area contributed by atoms with Crippen molar-refractivity contribution in [2.24, 2.45) is 11.8 Å². The summed E-state index contributed by atoms with van der Waals surface area (Å²) in [4.78, 5) is 9.20. The molecule has 1 saturated heterocycles. The molecule has 2 unspecified atom stereocenters. The van der Waals surface area contributed by atoms with E-state index in [-0.39, 0.29) is 5.82 Å². The minimum Gasteiger partial charge on any atom is -0.316 e. The van der Waals surface area contributed by atoms with Crippen molar-refractivity contribution in [2.75, 3.05) is 13.1 Å². The average molecular weight is 390 g/mol. The van der Waals surface area contributed by atoms with Crippen molar-refractivity contribution in [1.82, 2.24) is 29.3 Å². The lowest BCUT2D eigenvalue weighted by Gasteiger charge is -2.29. The smallest absolute Gasteiger partial charge is 0.173 e. The highest BCUT2D eigenvalue weighted by Crippen LogP contribution is 2.45. The number of hydrogen-bond acceptors (Lipinski definition) is 4. The third-order valence-electron chi connectivity index (χ3n) is 6.63. The summed E-state index contributed by atoms with van der Waals surface area (Å²) in [5.74, 6) is 1.34. The quantitative estimate of drug-likeness (QED) is 0.569. The van der Waals surface area contributed by atoms with E-state index in [9.17, 15) is 4.39 Å². The minimum atomic E-state index is -0.309. The minimum absolute atomic E-state index is 0.309. The lowest BCUT2D eigenvalue weighted by Crippen LogP contribution is -2.36. The van der Waals surface area contributed by atoms with E-state index in [1.165, 1.54) is 12.8 Å². The first-order valence-electron chi connectivity index (χ1n) is 10.3. The molecule has 1 N–H and O–H groups in total. The summed E-state index contributed by atoms with van der Waals surface area (Å²) in [5.41, 5.74) is 5.65. The largest absolute Gasteiger partial charge is 0.316 e. The summed E-state index contributed by atoms with van der Waals surface area (Å²) in [5, 5.41) is 8.17. The Morgan fingerprint density at radius 2 is 1.79 bits per heavy atom. The van der Waals surface area contributed by atoms with Crippen LogP contribution in [0, 0.1) is 31.5 Å². The molecule has 2 atom stereocenters. The molecule has 0 radical (unpaired) electrons. The molecule has 2 bridgehead atoms. The van der Waals surface area contributed by atoms with Crippen LogP contribution in [0.15, 0.2) is 30.7 Å². The third kappa shape index (κ3) is 2.60. The van der Waals surface area contributed by atoms with E-state index in [1.54, 1.807) is 10.6 Å². The fourth-order valence-electron chi connectivity index (χ4n) is 5.33. The van der Waals surface area contributed by atoms with Crippen LogP contribution < -0.4 is 5.32 Å². The Labute approximate surface area is 167 Å². The van der Waals surface area contributed by atoms with Crippen molar-refractivity contribution >= 4 is 11.3 Å². The molecule has 2 aliphatic rings. The van der Waals surface area contributed by atoms with Gasteiger partial charge in [-0.1, -0.05) is 0 Å². The van der Waals surface area contributed by atoms with Gasteiger partial charge >= 0.3 is 0 Å². The number of imidazole rings is 2. The van der Waals surface area contributed by atoms with Gasteiger partial charge in [-0.15, -0.1) is 0 Å². The summed E-state index contributed by atoms with van der Waals surface area (Å²) >= 11 is 0. The van der Waals surface area contributed by atoms with Crippen LogP contribution in [-0.4, -0.2) is 37.1 Å². The van der Waals surface area contributed by atoms with E-state index in [0.717, 1.165) is 46.9 Å². The first-order chi connectivity index (χ1) is 14.1. The number of halogens is 1. The average Bonchev–Trinajstić information content (AvgIpc) is 3.35. The number of hydrogen-bond donors (Lipinski definition) is 1. The number of piperidine rings is 1. The number of pyridine rings is 1. The van der Waals surface area contributed by atoms with Gasteiger partial charge in [0.05, 0.1) is 23.3 Å². The number of aromatic nitrogens is 5. The molecule has 1 aliphatic heterocycles. The number of aryl methyl sites for hydroxylation is 2. The van der Waals surface area contributed by atoms with Crippen molar-refractivity contribution in [2.45, 2.75) is 32.6 Å². The summed E-state index contributed by atoms with van der Waals surface area (Å²) < 4.78 is 18.6. The van der Waals surface area contributed by atoms with E-state index < -0.39 is 0 Å². The molecule has 7 heteroatoms. The van der Waals surface area contributed by atoms with Gasteiger partial charge in [0.15, 0.2) is 17.1 Å². The summed E-state index contributed by atoms with van der Waals surface area (Å²) in [6, 6.07) is 3.51. The molecule has 0 spiro atoms. The lowest BCUT2D eigenvalue weighted by molar-refractivity contribution is 0.318. The van der Waals surface area contributed by atoms with Crippen LogP contribution in [0.1, 0.15) is 35.7 Å². The topological polar surface area (TPSA) is 59.5 Å². The zero-order valence-corrected chi connectivity index (χ0v) is 16.6. The van der Waals surface area contributed by atoms with Crippen molar-refractivity contribution in [3.63, 3.8) is 0 Å². The standard InChI is InChI=1S/C22H23FN6/c1-12-5-18(27-29-9-13(2)25-21(12)29)16-6-17(23)22-26-19(11-28(22)10-16)20-14-3-4-15(20)8-24-7-14/h5-6,9-11,14-15,20,24H,3-4,7-8H2,1-2H3. The number of nitrogens with one attached hydrogen (secondary N) is 1. The molecule has 0 aromatic carbocycles. The molecular formula is C22H23FN6. The molecule has 6 nitrogen and oxygen atoms in total. The number of rotatable bonds is 2. The molecular weight excluding hydrogens is 367 g/mol. The maximum absolute atomic E-state index is 15.0. The van der Waals surface area contributed by atoms with E-state index in [1.807, 2.05) is 42.9 Å². The van der Waals surface area contributed by atoms with Gasteiger partial charge in [-0.3, -0.25) is 0 Å². The van der Waals surface area contributed by atoms with Crippen LogP contribution in [0.5, 0.6) is 0 Å². The zero-order chi connectivity index (χ0) is 19.7. The van der Waals surface area contributed by atoms with E-state index in [4.69, 9.17) is 4.98 Å². The summed E-state index contributed by atoms with van der Waals surface area (Å²) in [6.45, 7) is 6.02. The van der Waals surface area contributed by atoms with Crippen molar-refractivity contribution in [1.29, 1.82) is 0 Å². The fraction of sp³-hybridized carbons (Fsp3) is 0.409. The van der Waals surface area contributed by atoms with Gasteiger partial charge in [-0.25, -0.2) is 18.9 Å². The predicted octanol–water partition coefficient (Wildman–Crippen LogP) is 3.51. The van der Waals surface area contributed by atoms with Crippen LogP contribution in [0.25, 0.3) is 22.6 Å². The maximum atomic E-state index is 15.0. The van der Waals surface area contributed by atoms with Gasteiger partial charge in [0.25, 0.3) is 0 Å². The highest BCUT2D eigenvalue weighted by atomic mass is 19.1. The monoisotopic (exact) mass is 390 g/mol. The van der Waals surface area contributed by atoms with E-state index >= 15 is 0 Å². The van der Waals surface area contributed by atoms with Crippen LogP contribution in [0.4, 0.5) is 4.39 Å². The first kappa shape index (κ1) is 17.1. The molecule has 148 valence electrons. The fourth-order valence-corrected chi connectivity index (χ4v) is 5.33. The molecule has 2 fully saturated rings. The molecule has 1 saturated carbocycles. The zero-order valence-electron chi connectivity index (χ0n) is 16.6. The maximum Gasteiger partial charge on any atom is 0.173 e. The number of nitrogens with zero attached hydrogens (tertiary/aromatic N) is 5. The summed E-state index contributed by atoms with van der Waals surface area (Å²) in [7, 11) is 0. The Balaban J connectivity index is 1.46. The van der Waals surface area contributed by atoms with Gasteiger partial charge in [0, 0.05) is 23.9 Å². The normalized spacial score (nSPS) is 24.0. The first-order valence-corrected chi connectivity index (χ1v) is 10.3. The van der Waals surface area contributed by atoms with Gasteiger partial charge in [-0.05, 0) is 69.3 Å². The second-order valence-corrected chi connectivity index (χ2v) is 8.62. The Morgan fingerprint density at radius 1 is 1.00 bits per heavy atom. The van der Waals surface area contributed by atoms with Crippen molar-refractivity contribution in [3.8, 4) is 11.3 Å². The number of fused-ring (bicyclic) bond motifs is 4. The molecule has 29 heavy (non-hydrogen) atoms. The van der Waals surface area contributed by atoms with E-state index in [2.05, 4.69) is 15.4 Å². The molecule has 1 aliphatic carbocycles. The van der Waals surface area contributed by atoms with Gasteiger partial charge < -0.3 is 9.72 Å². The van der Waals surface area contributed by atoms with Gasteiger partial charge in [-0.2, -0.15) is 5.10 Å². The molecule has 0 amide bonds. The molecule has 4 aromatic heterocycles. The lowest BCUT2D eigenvalue weighted by atomic mass is 9.84. The molecule has 5 heterocycles. The Kier molecular flexibility index (Phi) is 3.59. The third-order valence-corrected chi connectivity index (χ3v) is 6.63. The SMILES string of the molecule is Cc1cn2nc(-c3cc(F)c4nc(C5C6CCC5CNC6)cn4c3)cc(C)c2n1. The van der Waals surface area contributed by atoms with Crippen molar-refractivity contribution < 1.29 is 4.39 Å². The Hall–Kier alpha value is -2.80. The van der Waals surface area contributed by atoms with Crippen LogP contribution in [-0.2, 0) is 0 Å². The van der Waals surface area contributed by atoms with Crippen LogP contribution in [0.2, 0.25) is 0 Å². The Morgan fingerprint density at radius 3 is 2.59 bits per heavy atom. The van der Waals surface area contributed by atoms with Crippen molar-refractivity contribution in [3.05, 3.63) is 53.5 Å².